The summed E-state index contributed by atoms with van der Waals surface area (Å²) in [5.74, 6) is 1.80. The third-order valence-electron chi connectivity index (χ3n) is 4.82. The molecule has 0 aliphatic carbocycles. The van der Waals surface area contributed by atoms with Gasteiger partial charge in [-0.25, -0.2) is 0 Å². The summed E-state index contributed by atoms with van der Waals surface area (Å²) in [5.41, 5.74) is 0.949. The molecule has 1 aromatic heterocycles. The van der Waals surface area contributed by atoms with Gasteiger partial charge >= 0.3 is 0 Å². The molecule has 2 heterocycles. The van der Waals surface area contributed by atoms with Gasteiger partial charge in [0.05, 0.1) is 11.6 Å². The fraction of sp³-hybridized carbons (Fsp3) is 0.500. The van der Waals surface area contributed by atoms with Gasteiger partial charge in [-0.2, -0.15) is 0 Å². The molecule has 1 fully saturated rings. The first-order valence-electron chi connectivity index (χ1n) is 9.06. The van der Waals surface area contributed by atoms with Gasteiger partial charge in [0.25, 0.3) is 0 Å². The third-order valence-corrected chi connectivity index (χ3v) is 5.15. The first-order chi connectivity index (χ1) is 12.1. The van der Waals surface area contributed by atoms with Gasteiger partial charge in [-0.3, -0.25) is 0 Å². The minimum Gasteiger partial charge on any atom is -0.460 e. The van der Waals surface area contributed by atoms with Crippen LogP contribution in [0.4, 0.5) is 0 Å². The van der Waals surface area contributed by atoms with E-state index in [2.05, 4.69) is 29.2 Å². The molecule has 0 amide bonds. The number of hydrogen-bond acceptors (Lipinski definition) is 4. The highest BCUT2D eigenvalue weighted by Gasteiger charge is 2.19. The van der Waals surface area contributed by atoms with Gasteiger partial charge in [-0.1, -0.05) is 23.7 Å². The number of nitrogens with one attached hydrogen (secondary N) is 1. The molecule has 0 bridgehead atoms. The molecule has 1 N–H and O–H groups in total. The number of likely N-dealkylation sites (N-methyl/N-ethyl adjacent to an activating group) is 1. The maximum atomic E-state index is 6.24. The molecule has 0 saturated carbocycles. The second-order valence-corrected chi connectivity index (χ2v) is 7.45. The van der Waals surface area contributed by atoms with Crippen LogP contribution in [-0.2, 0) is 6.54 Å². The molecule has 1 saturated heterocycles. The van der Waals surface area contributed by atoms with Crippen molar-refractivity contribution in [2.24, 2.45) is 0 Å². The van der Waals surface area contributed by atoms with Crippen molar-refractivity contribution in [1.82, 2.24) is 15.1 Å². The summed E-state index contributed by atoms with van der Waals surface area (Å²) >= 11 is 6.24. The molecule has 136 valence electrons. The Balaban J connectivity index is 1.45. The third kappa shape index (κ3) is 5.32. The van der Waals surface area contributed by atoms with Crippen molar-refractivity contribution < 1.29 is 4.42 Å². The Labute approximate surface area is 155 Å². The van der Waals surface area contributed by atoms with Crippen LogP contribution < -0.4 is 5.32 Å². The Kier molecular flexibility index (Phi) is 6.54. The topological polar surface area (TPSA) is 31.6 Å². The van der Waals surface area contributed by atoms with E-state index < -0.39 is 0 Å². The average molecular weight is 362 g/mol. The van der Waals surface area contributed by atoms with Gasteiger partial charge in [0.1, 0.15) is 11.5 Å². The lowest BCUT2D eigenvalue weighted by atomic mass is 10.1. The predicted octanol–water partition coefficient (Wildman–Crippen LogP) is 3.72. The Hall–Kier alpha value is -1.33. The van der Waals surface area contributed by atoms with Crippen LogP contribution in [0.2, 0.25) is 5.02 Å². The second kappa shape index (κ2) is 8.86. The minimum absolute atomic E-state index is 0.574. The molecule has 4 nitrogen and oxygen atoms in total. The van der Waals surface area contributed by atoms with Crippen molar-refractivity contribution in [2.75, 3.05) is 40.3 Å². The molecule has 3 rings (SSSR count). The summed E-state index contributed by atoms with van der Waals surface area (Å²) in [5, 5.41) is 4.36. The summed E-state index contributed by atoms with van der Waals surface area (Å²) in [6.07, 6.45) is 2.40. The van der Waals surface area contributed by atoms with Gasteiger partial charge in [0.15, 0.2) is 0 Å². The molecule has 2 aromatic rings. The number of rotatable bonds is 7. The van der Waals surface area contributed by atoms with E-state index in [9.17, 15) is 0 Å². The lowest BCUT2D eigenvalue weighted by Crippen LogP contribution is -2.44. The first kappa shape index (κ1) is 18.5. The number of likely N-dealkylation sites (tertiary alicyclic amines) is 1. The van der Waals surface area contributed by atoms with E-state index in [1.807, 2.05) is 36.4 Å². The summed E-state index contributed by atoms with van der Waals surface area (Å²) in [6.45, 7) is 5.42. The molecule has 0 spiro atoms. The monoisotopic (exact) mass is 361 g/mol. The smallest absolute Gasteiger partial charge is 0.135 e. The van der Waals surface area contributed by atoms with Crippen molar-refractivity contribution in [3.05, 3.63) is 47.2 Å². The van der Waals surface area contributed by atoms with E-state index in [0.29, 0.717) is 6.04 Å². The van der Waals surface area contributed by atoms with E-state index in [1.165, 1.54) is 32.5 Å². The summed E-state index contributed by atoms with van der Waals surface area (Å²) in [4.78, 5) is 4.80. The van der Waals surface area contributed by atoms with Gasteiger partial charge in [-0.05, 0) is 64.3 Å². The minimum atomic E-state index is 0.574. The van der Waals surface area contributed by atoms with Crippen LogP contribution in [0.25, 0.3) is 11.3 Å². The van der Waals surface area contributed by atoms with Gasteiger partial charge < -0.3 is 19.5 Å². The van der Waals surface area contributed by atoms with Crippen LogP contribution in [0.3, 0.4) is 0 Å². The number of hydrogen-bond donors (Lipinski definition) is 1. The average Bonchev–Trinajstić information content (AvgIpc) is 3.08. The molecule has 1 aromatic carbocycles. The van der Waals surface area contributed by atoms with Crippen LogP contribution in [0.5, 0.6) is 0 Å². The number of benzene rings is 1. The Morgan fingerprint density at radius 2 is 1.92 bits per heavy atom. The van der Waals surface area contributed by atoms with Crippen molar-refractivity contribution in [3.63, 3.8) is 0 Å². The lowest BCUT2D eigenvalue weighted by Gasteiger charge is -2.32. The molecule has 0 unspecified atom stereocenters. The molecule has 5 heteroatoms. The predicted molar refractivity (Wildman–Crippen MR) is 104 cm³/mol. The summed E-state index contributed by atoms with van der Waals surface area (Å²) < 4.78 is 5.96. The van der Waals surface area contributed by atoms with Crippen LogP contribution in [0.15, 0.2) is 40.8 Å². The highest BCUT2D eigenvalue weighted by Crippen LogP contribution is 2.29. The van der Waals surface area contributed by atoms with Crippen LogP contribution in [0.1, 0.15) is 18.6 Å². The van der Waals surface area contributed by atoms with Crippen molar-refractivity contribution in [3.8, 4) is 11.3 Å². The number of halogens is 1. The SMILES string of the molecule is CN(C)CCN1CCC(NCc2ccc(-c3ccccc3Cl)o2)CC1. The fourth-order valence-electron chi connectivity index (χ4n) is 3.23. The zero-order chi connectivity index (χ0) is 17.6. The Bertz CT molecular complexity index is 662. The van der Waals surface area contributed by atoms with Crippen molar-refractivity contribution >= 4 is 11.6 Å². The molecule has 25 heavy (non-hydrogen) atoms. The quantitative estimate of drug-likeness (QED) is 0.814. The van der Waals surface area contributed by atoms with E-state index in [4.69, 9.17) is 16.0 Å². The Morgan fingerprint density at radius 3 is 2.64 bits per heavy atom. The normalized spacial score (nSPS) is 16.6. The molecule has 1 aliphatic heterocycles. The molecule has 1 aliphatic rings. The van der Waals surface area contributed by atoms with Gasteiger partial charge in [0, 0.05) is 24.7 Å². The highest BCUT2D eigenvalue weighted by atomic mass is 35.5. The van der Waals surface area contributed by atoms with Crippen molar-refractivity contribution in [2.45, 2.75) is 25.4 Å². The Morgan fingerprint density at radius 1 is 1.16 bits per heavy atom. The van der Waals surface area contributed by atoms with E-state index in [0.717, 1.165) is 35.2 Å². The first-order valence-corrected chi connectivity index (χ1v) is 9.43. The molecule has 0 radical (unpaired) electrons. The summed E-state index contributed by atoms with van der Waals surface area (Å²) in [7, 11) is 4.27. The van der Waals surface area contributed by atoms with E-state index in [-0.39, 0.29) is 0 Å². The molecular formula is C20H28ClN3O. The maximum absolute atomic E-state index is 6.24. The van der Waals surface area contributed by atoms with Gasteiger partial charge in [0.2, 0.25) is 0 Å². The van der Waals surface area contributed by atoms with Crippen LogP contribution in [0, 0.1) is 0 Å². The van der Waals surface area contributed by atoms with Crippen LogP contribution >= 0.6 is 11.6 Å². The molecular weight excluding hydrogens is 334 g/mol. The highest BCUT2D eigenvalue weighted by molar-refractivity contribution is 6.33. The maximum Gasteiger partial charge on any atom is 0.135 e. The zero-order valence-electron chi connectivity index (χ0n) is 15.2. The van der Waals surface area contributed by atoms with Gasteiger partial charge in [-0.15, -0.1) is 0 Å². The van der Waals surface area contributed by atoms with E-state index >= 15 is 0 Å². The second-order valence-electron chi connectivity index (χ2n) is 7.05. The zero-order valence-corrected chi connectivity index (χ0v) is 15.9. The number of piperidine rings is 1. The standard InChI is InChI=1S/C20H28ClN3O/c1-23(2)13-14-24-11-9-16(10-12-24)22-15-17-7-8-20(25-17)18-5-3-4-6-19(18)21/h3-8,16,22H,9-15H2,1-2H3. The van der Waals surface area contributed by atoms with E-state index in [1.54, 1.807) is 0 Å². The largest absolute Gasteiger partial charge is 0.460 e. The number of furan rings is 1. The lowest BCUT2D eigenvalue weighted by molar-refractivity contribution is 0.181. The fourth-order valence-corrected chi connectivity index (χ4v) is 3.45. The molecule has 0 atom stereocenters. The summed E-state index contributed by atoms with van der Waals surface area (Å²) in [6, 6.07) is 12.4. The number of nitrogens with zero attached hydrogens (tertiary/aromatic N) is 2. The van der Waals surface area contributed by atoms with Crippen molar-refractivity contribution in [1.29, 1.82) is 0 Å². The van der Waals surface area contributed by atoms with Crippen LogP contribution in [-0.4, -0.2) is 56.1 Å².